The molecule has 0 radical (unpaired) electrons. The molecule has 1 heterocycles. The van der Waals surface area contributed by atoms with E-state index in [0.717, 1.165) is 23.6 Å². The molecule has 0 fully saturated rings. The number of hydrogen-bond donors (Lipinski definition) is 3. The number of nitrogens with zero attached hydrogens (tertiary/aromatic N) is 3. The summed E-state index contributed by atoms with van der Waals surface area (Å²) in [6.45, 7) is 2.73. The van der Waals surface area contributed by atoms with E-state index in [1.807, 2.05) is 56.3 Å². The number of aromatic nitrogens is 3. The number of nitrogen functional groups attached to an aromatic ring is 1. The van der Waals surface area contributed by atoms with E-state index in [9.17, 15) is 0 Å². The van der Waals surface area contributed by atoms with Gasteiger partial charge in [-0.15, -0.1) is 0 Å². The summed E-state index contributed by atoms with van der Waals surface area (Å²) in [5, 5.41) is 15.6. The van der Waals surface area contributed by atoms with Crippen LogP contribution in [0.25, 0.3) is 11.4 Å². The Morgan fingerprint density at radius 3 is 2.81 bits per heavy atom. The minimum absolute atomic E-state index is 0.432. The molecule has 0 bridgehead atoms. The molecule has 0 aliphatic rings. The zero-order chi connectivity index (χ0) is 19.8. The van der Waals surface area contributed by atoms with Gasteiger partial charge >= 0.3 is 0 Å². The summed E-state index contributed by atoms with van der Waals surface area (Å²) in [5.74, 6) is 2.19. The Balaban J connectivity index is 2.17. The maximum Gasteiger partial charge on any atom is 0.181 e. The Morgan fingerprint density at radius 2 is 2.15 bits per heavy atom. The van der Waals surface area contributed by atoms with Crippen LogP contribution in [0.15, 0.2) is 42.2 Å². The van der Waals surface area contributed by atoms with Gasteiger partial charge in [-0.3, -0.25) is 5.10 Å². The number of rotatable bonds is 9. The zero-order valence-electron chi connectivity index (χ0n) is 16.4. The molecule has 2 aromatic rings. The normalized spacial score (nSPS) is 12.1. The van der Waals surface area contributed by atoms with Crippen LogP contribution in [-0.4, -0.2) is 47.0 Å². The summed E-state index contributed by atoms with van der Waals surface area (Å²) in [5.41, 5.74) is 8.61. The van der Waals surface area contributed by atoms with E-state index in [4.69, 9.17) is 15.9 Å². The lowest BCUT2D eigenvalue weighted by molar-refractivity contribution is 0.305. The van der Waals surface area contributed by atoms with Gasteiger partial charge in [0.25, 0.3) is 0 Å². The molecule has 0 aliphatic carbocycles. The predicted molar refractivity (Wildman–Crippen MR) is 110 cm³/mol. The number of aromatic amines is 1. The van der Waals surface area contributed by atoms with Crippen molar-refractivity contribution in [3.05, 3.63) is 53.6 Å². The topological polar surface area (TPSA) is 104 Å². The number of benzene rings is 1. The summed E-state index contributed by atoms with van der Waals surface area (Å²) in [6, 6.07) is 5.54. The highest BCUT2D eigenvalue weighted by atomic mass is 16.5. The Bertz CT molecular complexity index is 835. The fourth-order valence-electron chi connectivity index (χ4n) is 2.57. The SMILES string of the molecule is CC/C=C(\C=C/CC(=N)c1cc(-c2n[nH]c(CN(C)C)n2)ccc1N)OC. The molecule has 144 valence electrons. The van der Waals surface area contributed by atoms with Gasteiger partial charge in [-0.1, -0.05) is 13.0 Å². The number of nitrogens with two attached hydrogens (primary N) is 1. The van der Waals surface area contributed by atoms with Crippen LogP contribution in [0.3, 0.4) is 0 Å². The number of ether oxygens (including phenoxy) is 1. The highest BCUT2D eigenvalue weighted by Gasteiger charge is 2.11. The van der Waals surface area contributed by atoms with Crippen LogP contribution in [0.4, 0.5) is 5.69 Å². The fraction of sp³-hybridized carbons (Fsp3) is 0.350. The van der Waals surface area contributed by atoms with Gasteiger partial charge < -0.3 is 20.8 Å². The molecule has 2 rings (SSSR count). The molecule has 1 aromatic heterocycles. The predicted octanol–water partition coefficient (Wildman–Crippen LogP) is 3.37. The molecule has 7 nitrogen and oxygen atoms in total. The van der Waals surface area contributed by atoms with Crippen LogP contribution >= 0.6 is 0 Å². The molecule has 0 unspecified atom stereocenters. The lowest BCUT2D eigenvalue weighted by atomic mass is 10.0. The first-order valence-corrected chi connectivity index (χ1v) is 8.89. The van der Waals surface area contributed by atoms with Crippen LogP contribution in [0.1, 0.15) is 31.2 Å². The first kappa shape index (κ1) is 20.4. The molecule has 0 saturated heterocycles. The second kappa shape index (κ2) is 9.68. The zero-order valence-corrected chi connectivity index (χ0v) is 16.4. The van der Waals surface area contributed by atoms with E-state index in [1.165, 1.54) is 0 Å². The third-order valence-corrected chi connectivity index (χ3v) is 3.88. The Morgan fingerprint density at radius 1 is 1.37 bits per heavy atom. The van der Waals surface area contributed by atoms with Crippen LogP contribution in [0, 0.1) is 5.41 Å². The fourth-order valence-corrected chi connectivity index (χ4v) is 2.57. The Hall–Kier alpha value is -2.93. The molecule has 0 atom stereocenters. The summed E-state index contributed by atoms with van der Waals surface area (Å²) >= 11 is 0. The van der Waals surface area contributed by atoms with Crippen molar-refractivity contribution in [1.82, 2.24) is 20.1 Å². The average molecular weight is 368 g/mol. The monoisotopic (exact) mass is 368 g/mol. The largest absolute Gasteiger partial charge is 0.497 e. The minimum Gasteiger partial charge on any atom is -0.497 e. The van der Waals surface area contributed by atoms with Crippen molar-refractivity contribution in [2.45, 2.75) is 26.3 Å². The number of methoxy groups -OCH3 is 1. The van der Waals surface area contributed by atoms with Crippen molar-refractivity contribution in [3.63, 3.8) is 0 Å². The molecule has 0 aliphatic heterocycles. The van der Waals surface area contributed by atoms with E-state index in [0.29, 0.717) is 35.8 Å². The van der Waals surface area contributed by atoms with Crippen molar-refractivity contribution in [2.75, 3.05) is 26.9 Å². The molecule has 4 N–H and O–H groups in total. The van der Waals surface area contributed by atoms with Crippen molar-refractivity contribution in [1.29, 1.82) is 5.41 Å². The molecule has 7 heteroatoms. The number of allylic oxidation sites excluding steroid dienone is 3. The molecule has 27 heavy (non-hydrogen) atoms. The second-order valence-electron chi connectivity index (χ2n) is 6.45. The minimum atomic E-state index is 0.432. The van der Waals surface area contributed by atoms with Gasteiger partial charge in [0.15, 0.2) is 5.82 Å². The molecule has 0 amide bonds. The van der Waals surface area contributed by atoms with Gasteiger partial charge in [-0.25, -0.2) is 4.98 Å². The van der Waals surface area contributed by atoms with Crippen molar-refractivity contribution in [3.8, 4) is 11.4 Å². The molecule has 1 aromatic carbocycles. The molecular weight excluding hydrogens is 340 g/mol. The highest BCUT2D eigenvalue weighted by molar-refractivity contribution is 6.04. The summed E-state index contributed by atoms with van der Waals surface area (Å²) in [6.07, 6.45) is 7.12. The molecule has 0 saturated carbocycles. The first-order valence-electron chi connectivity index (χ1n) is 8.89. The molecular formula is C20H28N6O. The van der Waals surface area contributed by atoms with Crippen LogP contribution in [-0.2, 0) is 11.3 Å². The number of H-pyrrole nitrogens is 1. The van der Waals surface area contributed by atoms with Crippen molar-refractivity contribution in [2.24, 2.45) is 0 Å². The third-order valence-electron chi connectivity index (χ3n) is 3.88. The average Bonchev–Trinajstić information content (AvgIpc) is 3.08. The van der Waals surface area contributed by atoms with Gasteiger partial charge in [0.2, 0.25) is 0 Å². The van der Waals surface area contributed by atoms with Gasteiger partial charge in [0.05, 0.1) is 13.7 Å². The van der Waals surface area contributed by atoms with Crippen molar-refractivity contribution < 1.29 is 4.74 Å². The Labute approximate surface area is 160 Å². The third kappa shape index (κ3) is 5.79. The summed E-state index contributed by atoms with van der Waals surface area (Å²) in [4.78, 5) is 6.53. The summed E-state index contributed by atoms with van der Waals surface area (Å²) in [7, 11) is 5.59. The van der Waals surface area contributed by atoms with Crippen LogP contribution < -0.4 is 5.73 Å². The van der Waals surface area contributed by atoms with Crippen LogP contribution in [0.5, 0.6) is 0 Å². The van der Waals surface area contributed by atoms with Gasteiger partial charge in [0.1, 0.15) is 11.6 Å². The lowest BCUT2D eigenvalue weighted by Gasteiger charge is -2.08. The van der Waals surface area contributed by atoms with E-state index in [-0.39, 0.29) is 0 Å². The van der Waals surface area contributed by atoms with E-state index in [2.05, 4.69) is 15.2 Å². The van der Waals surface area contributed by atoms with E-state index in [1.54, 1.807) is 13.2 Å². The van der Waals surface area contributed by atoms with Gasteiger partial charge in [-0.05, 0) is 50.9 Å². The second-order valence-corrected chi connectivity index (χ2v) is 6.45. The quantitative estimate of drug-likeness (QED) is 0.272. The van der Waals surface area contributed by atoms with E-state index < -0.39 is 0 Å². The standard InChI is InChI=1S/C20H28N6O/c1-5-7-15(27-4)8-6-9-17(21)16-12-14(10-11-18(16)22)20-23-19(24-25-20)13-26(2)3/h6-8,10-12,21H,5,9,13,22H2,1-4H3,(H,23,24,25)/b8-6-,15-7+,21-17?. The van der Waals surface area contributed by atoms with Gasteiger partial charge in [-0.2, -0.15) is 5.10 Å². The smallest absolute Gasteiger partial charge is 0.181 e. The van der Waals surface area contributed by atoms with E-state index >= 15 is 0 Å². The maximum atomic E-state index is 8.38. The van der Waals surface area contributed by atoms with Crippen LogP contribution in [0.2, 0.25) is 0 Å². The van der Waals surface area contributed by atoms with Crippen molar-refractivity contribution >= 4 is 11.4 Å². The number of anilines is 1. The summed E-state index contributed by atoms with van der Waals surface area (Å²) < 4.78 is 5.26. The highest BCUT2D eigenvalue weighted by Crippen LogP contribution is 2.22. The lowest BCUT2D eigenvalue weighted by Crippen LogP contribution is -2.11. The van der Waals surface area contributed by atoms with Gasteiger partial charge in [0, 0.05) is 28.9 Å². The maximum absolute atomic E-state index is 8.38. The Kier molecular flexibility index (Phi) is 7.31. The number of nitrogens with one attached hydrogen (secondary N) is 2. The number of hydrogen-bond acceptors (Lipinski definition) is 6. The first-order chi connectivity index (χ1) is 12.9. The molecule has 0 spiro atoms.